The Kier molecular flexibility index (Phi) is 4.05. The molecule has 18 heavy (non-hydrogen) atoms. The number of alkyl halides is 7. The summed E-state index contributed by atoms with van der Waals surface area (Å²) in [7, 11) is 0.938. The van der Waals surface area contributed by atoms with Crippen molar-refractivity contribution in [3.05, 3.63) is 28.8 Å². The Bertz CT molecular complexity index is 437. The molecule has 1 aromatic rings. The van der Waals surface area contributed by atoms with Crippen LogP contribution >= 0.6 is 11.6 Å². The second-order valence-electron chi connectivity index (χ2n) is 3.35. The van der Waals surface area contributed by atoms with Crippen LogP contribution < -0.4 is 4.74 Å². The third-order valence-corrected chi connectivity index (χ3v) is 2.43. The number of ether oxygens (including phenoxy) is 1. The number of methoxy groups -OCH3 is 1. The molecule has 0 amide bonds. The Morgan fingerprint density at radius 3 is 1.94 bits per heavy atom. The Labute approximate surface area is 103 Å². The second kappa shape index (κ2) is 4.87. The second-order valence-corrected chi connectivity index (χ2v) is 3.61. The van der Waals surface area contributed by atoms with Crippen molar-refractivity contribution in [1.82, 2.24) is 0 Å². The van der Waals surface area contributed by atoms with Crippen LogP contribution in [-0.4, -0.2) is 7.11 Å². The van der Waals surface area contributed by atoms with E-state index in [0.717, 1.165) is 7.11 Å². The van der Waals surface area contributed by atoms with Crippen molar-refractivity contribution in [2.24, 2.45) is 0 Å². The molecule has 0 saturated heterocycles. The predicted molar refractivity (Wildman–Crippen MR) is 52.6 cm³/mol. The molecule has 0 heterocycles. The standard InChI is InChI=1S/C10H7ClF6O/c1-18-8-5(4-11)2-6(9(12,13)14)3-7(8)10(15,16)17/h2-3H,4H2,1H3. The van der Waals surface area contributed by atoms with Crippen molar-refractivity contribution in [2.45, 2.75) is 18.2 Å². The summed E-state index contributed by atoms with van der Waals surface area (Å²) in [5.41, 5.74) is -3.26. The number of hydrogen-bond donors (Lipinski definition) is 0. The van der Waals surface area contributed by atoms with Gasteiger partial charge in [-0.05, 0) is 12.1 Å². The lowest BCUT2D eigenvalue weighted by molar-refractivity contribution is -0.143. The minimum atomic E-state index is -4.95. The van der Waals surface area contributed by atoms with E-state index in [0.29, 0.717) is 6.07 Å². The number of halogens is 7. The summed E-state index contributed by atoms with van der Waals surface area (Å²) in [6.45, 7) is 0. The van der Waals surface area contributed by atoms with Crippen molar-refractivity contribution in [3.8, 4) is 5.75 Å². The molecule has 0 aromatic heterocycles. The molecule has 0 spiro atoms. The Morgan fingerprint density at radius 2 is 1.61 bits per heavy atom. The fraction of sp³-hybridized carbons (Fsp3) is 0.400. The van der Waals surface area contributed by atoms with Crippen molar-refractivity contribution in [3.63, 3.8) is 0 Å². The molecule has 0 N–H and O–H groups in total. The quantitative estimate of drug-likeness (QED) is 0.577. The van der Waals surface area contributed by atoms with Gasteiger partial charge in [0.05, 0.1) is 24.1 Å². The van der Waals surface area contributed by atoms with E-state index in [9.17, 15) is 26.3 Å². The van der Waals surface area contributed by atoms with Crippen LogP contribution in [0.25, 0.3) is 0 Å². The summed E-state index contributed by atoms with van der Waals surface area (Å²) in [5.74, 6) is -1.21. The Balaban J connectivity index is 3.57. The molecule has 8 heteroatoms. The molecule has 0 aliphatic heterocycles. The highest BCUT2D eigenvalue weighted by Gasteiger charge is 2.40. The van der Waals surface area contributed by atoms with Gasteiger partial charge in [0, 0.05) is 5.56 Å². The van der Waals surface area contributed by atoms with Crippen molar-refractivity contribution in [1.29, 1.82) is 0 Å². The minimum Gasteiger partial charge on any atom is -0.496 e. The van der Waals surface area contributed by atoms with E-state index in [-0.39, 0.29) is 11.6 Å². The van der Waals surface area contributed by atoms with Crippen molar-refractivity contribution < 1.29 is 31.1 Å². The monoisotopic (exact) mass is 292 g/mol. The van der Waals surface area contributed by atoms with Crippen molar-refractivity contribution >= 4 is 11.6 Å². The highest BCUT2D eigenvalue weighted by atomic mass is 35.5. The predicted octanol–water partition coefficient (Wildman–Crippen LogP) is 4.47. The van der Waals surface area contributed by atoms with Gasteiger partial charge >= 0.3 is 12.4 Å². The molecule has 0 bridgehead atoms. The molecule has 1 aromatic carbocycles. The zero-order valence-electron chi connectivity index (χ0n) is 8.92. The van der Waals surface area contributed by atoms with E-state index in [1.807, 2.05) is 0 Å². The summed E-state index contributed by atoms with van der Waals surface area (Å²) < 4.78 is 79.7. The zero-order valence-corrected chi connectivity index (χ0v) is 9.67. The van der Waals surface area contributed by atoms with Gasteiger partial charge in [-0.15, -0.1) is 11.6 Å². The van der Waals surface area contributed by atoms with Gasteiger partial charge in [-0.1, -0.05) is 0 Å². The van der Waals surface area contributed by atoms with Gasteiger partial charge in [0.25, 0.3) is 0 Å². The van der Waals surface area contributed by atoms with Crippen LogP contribution in [0.15, 0.2) is 12.1 Å². The summed E-state index contributed by atoms with van der Waals surface area (Å²) in [6, 6.07) is 0.552. The van der Waals surface area contributed by atoms with E-state index in [1.165, 1.54) is 0 Å². The van der Waals surface area contributed by atoms with Gasteiger partial charge < -0.3 is 4.74 Å². The summed E-state index contributed by atoms with van der Waals surface area (Å²) in [4.78, 5) is 0. The minimum absolute atomic E-state index is 0.00881. The molecule has 102 valence electrons. The van der Waals surface area contributed by atoms with Gasteiger partial charge in [-0.3, -0.25) is 0 Å². The molecular formula is C10H7ClF6O. The highest BCUT2D eigenvalue weighted by Crippen LogP contribution is 2.42. The molecule has 1 rings (SSSR count). The van der Waals surface area contributed by atoms with Crippen LogP contribution in [0.3, 0.4) is 0 Å². The van der Waals surface area contributed by atoms with E-state index in [2.05, 4.69) is 4.74 Å². The average molecular weight is 293 g/mol. The Morgan fingerprint density at radius 1 is 1.06 bits per heavy atom. The smallest absolute Gasteiger partial charge is 0.419 e. The van der Waals surface area contributed by atoms with Crippen LogP contribution in [0.1, 0.15) is 16.7 Å². The summed E-state index contributed by atoms with van der Waals surface area (Å²) >= 11 is 5.34. The molecule has 0 aliphatic rings. The first-order chi connectivity index (χ1) is 8.11. The van der Waals surface area contributed by atoms with E-state index < -0.39 is 35.1 Å². The number of rotatable bonds is 2. The van der Waals surface area contributed by atoms with Crippen LogP contribution in [0.4, 0.5) is 26.3 Å². The third kappa shape index (κ3) is 3.01. The first-order valence-corrected chi connectivity index (χ1v) is 5.06. The lowest BCUT2D eigenvalue weighted by Gasteiger charge is -2.17. The number of benzene rings is 1. The molecule has 0 unspecified atom stereocenters. The molecule has 0 radical (unpaired) electrons. The summed E-state index contributed by atoms with van der Waals surface area (Å²) in [5, 5.41) is 0. The molecule has 1 nitrogen and oxygen atoms in total. The van der Waals surface area contributed by atoms with Crippen LogP contribution in [0, 0.1) is 0 Å². The van der Waals surface area contributed by atoms with Crippen LogP contribution in [-0.2, 0) is 18.2 Å². The summed E-state index contributed by atoms with van der Waals surface area (Å²) in [6.07, 6.45) is -9.83. The molecule has 0 saturated carbocycles. The van der Waals surface area contributed by atoms with Gasteiger partial charge in [0.2, 0.25) is 0 Å². The lowest BCUT2D eigenvalue weighted by Crippen LogP contribution is -2.13. The lowest BCUT2D eigenvalue weighted by atomic mass is 10.0. The van der Waals surface area contributed by atoms with Gasteiger partial charge in [-0.2, -0.15) is 26.3 Å². The zero-order chi connectivity index (χ0) is 14.1. The molecule has 0 aliphatic carbocycles. The first-order valence-electron chi connectivity index (χ1n) is 4.52. The van der Waals surface area contributed by atoms with Gasteiger partial charge in [0.1, 0.15) is 5.75 Å². The molecule has 0 fully saturated rings. The van der Waals surface area contributed by atoms with Gasteiger partial charge in [0.15, 0.2) is 0 Å². The fourth-order valence-electron chi connectivity index (χ4n) is 1.40. The van der Waals surface area contributed by atoms with Crippen LogP contribution in [0.5, 0.6) is 5.75 Å². The van der Waals surface area contributed by atoms with Crippen molar-refractivity contribution in [2.75, 3.05) is 7.11 Å². The maximum Gasteiger partial charge on any atom is 0.419 e. The molecule has 0 atom stereocenters. The van der Waals surface area contributed by atoms with E-state index in [4.69, 9.17) is 11.6 Å². The topological polar surface area (TPSA) is 9.23 Å². The first kappa shape index (κ1) is 14.9. The van der Waals surface area contributed by atoms with E-state index >= 15 is 0 Å². The SMILES string of the molecule is COc1c(CCl)cc(C(F)(F)F)cc1C(F)(F)F. The van der Waals surface area contributed by atoms with Crippen LogP contribution in [0.2, 0.25) is 0 Å². The maximum atomic E-state index is 12.6. The Hall–Kier alpha value is -1.11. The van der Waals surface area contributed by atoms with E-state index in [1.54, 1.807) is 0 Å². The largest absolute Gasteiger partial charge is 0.496 e. The molecular weight excluding hydrogens is 286 g/mol. The maximum absolute atomic E-state index is 12.6. The average Bonchev–Trinajstić information content (AvgIpc) is 2.24. The third-order valence-electron chi connectivity index (χ3n) is 2.15. The fourth-order valence-corrected chi connectivity index (χ4v) is 1.60. The number of hydrogen-bond acceptors (Lipinski definition) is 1. The van der Waals surface area contributed by atoms with Gasteiger partial charge in [-0.25, -0.2) is 0 Å². The highest BCUT2D eigenvalue weighted by molar-refractivity contribution is 6.17. The normalized spacial score (nSPS) is 12.7.